The van der Waals surface area contributed by atoms with Crippen LogP contribution in [0, 0.1) is 0 Å². The number of rotatable bonds is 8. The molecule has 4 aromatic rings. The Morgan fingerprint density at radius 1 is 1.06 bits per heavy atom. The highest BCUT2D eigenvalue weighted by Crippen LogP contribution is 2.41. The fraction of sp³-hybridized carbons (Fsp3) is 0.333. The van der Waals surface area contributed by atoms with E-state index < -0.39 is 0 Å². The van der Waals surface area contributed by atoms with Crippen LogP contribution in [0.5, 0.6) is 11.5 Å². The summed E-state index contributed by atoms with van der Waals surface area (Å²) >= 11 is 0. The molecule has 7 N–H and O–H groups in total. The third kappa shape index (κ3) is 3.92. The molecule has 0 aliphatic carbocycles. The largest absolute Gasteiger partial charge is 0.507 e. The highest BCUT2D eigenvalue weighted by molar-refractivity contribution is 6.23. The second-order valence-electron chi connectivity index (χ2n) is 7.17. The van der Waals surface area contributed by atoms with Crippen LogP contribution in [0.15, 0.2) is 34.1 Å². The number of aliphatic hydroxyl groups is 1. The van der Waals surface area contributed by atoms with Gasteiger partial charge in [0.2, 0.25) is 0 Å². The third-order valence-electron chi connectivity index (χ3n) is 5.25. The van der Waals surface area contributed by atoms with E-state index in [0.29, 0.717) is 54.4 Å². The van der Waals surface area contributed by atoms with Gasteiger partial charge < -0.3 is 26.4 Å². The van der Waals surface area contributed by atoms with Gasteiger partial charge >= 0.3 is 0 Å². The van der Waals surface area contributed by atoms with E-state index in [1.807, 2.05) is 16.8 Å². The Kier molecular flexibility index (Phi) is 7.01. The van der Waals surface area contributed by atoms with Crippen molar-refractivity contribution < 1.29 is 15.3 Å². The van der Waals surface area contributed by atoms with E-state index in [0.717, 1.165) is 11.9 Å². The van der Waals surface area contributed by atoms with E-state index in [1.54, 1.807) is 0 Å². The molecule has 0 aliphatic heterocycles. The summed E-state index contributed by atoms with van der Waals surface area (Å²) in [5.41, 5.74) is 6.79. The van der Waals surface area contributed by atoms with Crippen molar-refractivity contribution >= 4 is 45.0 Å². The van der Waals surface area contributed by atoms with Gasteiger partial charge in [0.15, 0.2) is 5.43 Å². The van der Waals surface area contributed by atoms with Crippen molar-refractivity contribution in [2.75, 3.05) is 32.8 Å². The summed E-state index contributed by atoms with van der Waals surface area (Å²) in [5.74, 6) is -0.321. The molecular weight excluding hydrogens is 422 g/mol. The van der Waals surface area contributed by atoms with Crippen LogP contribution in [0.4, 0.5) is 0 Å². The van der Waals surface area contributed by atoms with Crippen molar-refractivity contribution in [1.29, 1.82) is 0 Å². The van der Waals surface area contributed by atoms with Gasteiger partial charge in [0.05, 0.1) is 45.7 Å². The highest BCUT2D eigenvalue weighted by Gasteiger charge is 2.21. The van der Waals surface area contributed by atoms with E-state index >= 15 is 0 Å². The maximum Gasteiger partial charge on any atom is 0.189 e. The fourth-order valence-corrected chi connectivity index (χ4v) is 3.96. The summed E-state index contributed by atoms with van der Waals surface area (Å²) in [4.78, 5) is 17.3. The number of phenolic OH excluding ortho intramolecular Hbond substituents is 2. The number of aromatic nitrogens is 2. The number of nitrogens with zero attached hydrogens (tertiary/aromatic N) is 2. The van der Waals surface area contributed by atoms with Gasteiger partial charge in [-0.05, 0) is 37.2 Å². The molecule has 0 saturated carbocycles. The SMILES string of the molecule is Cl.NCCn1[nH]c2c3c(=O)ccc(O)c3c(O)c3c(=NCCCNCCO)ccc1c32. The van der Waals surface area contributed by atoms with Crippen LogP contribution in [0.1, 0.15) is 6.42 Å². The summed E-state index contributed by atoms with van der Waals surface area (Å²) < 4.78 is 1.84. The van der Waals surface area contributed by atoms with Crippen LogP contribution >= 0.6 is 12.4 Å². The summed E-state index contributed by atoms with van der Waals surface area (Å²) in [6.45, 7) is 2.76. The van der Waals surface area contributed by atoms with Crippen LogP contribution in [-0.2, 0) is 6.54 Å². The first-order chi connectivity index (χ1) is 14.6. The summed E-state index contributed by atoms with van der Waals surface area (Å²) in [6, 6.07) is 6.30. The Morgan fingerprint density at radius 3 is 2.61 bits per heavy atom. The number of benzene rings is 3. The van der Waals surface area contributed by atoms with Crippen molar-refractivity contribution in [2.24, 2.45) is 10.7 Å². The average molecular weight is 448 g/mol. The number of aromatic amines is 1. The van der Waals surface area contributed by atoms with Gasteiger partial charge in [-0.3, -0.25) is 19.6 Å². The molecule has 9 nitrogen and oxygen atoms in total. The number of H-pyrrole nitrogens is 1. The molecule has 31 heavy (non-hydrogen) atoms. The highest BCUT2D eigenvalue weighted by atomic mass is 35.5. The molecule has 3 aromatic carbocycles. The number of hydrogen-bond donors (Lipinski definition) is 6. The van der Waals surface area contributed by atoms with Crippen molar-refractivity contribution in [2.45, 2.75) is 13.0 Å². The van der Waals surface area contributed by atoms with Gasteiger partial charge in [0, 0.05) is 25.0 Å². The van der Waals surface area contributed by atoms with Crippen molar-refractivity contribution in [1.82, 2.24) is 15.1 Å². The Hall–Kier alpha value is -2.85. The van der Waals surface area contributed by atoms with E-state index in [-0.39, 0.29) is 46.7 Å². The molecule has 0 saturated heterocycles. The number of phenols is 2. The molecule has 1 aromatic heterocycles. The lowest BCUT2D eigenvalue weighted by molar-refractivity contribution is 0.292. The van der Waals surface area contributed by atoms with Gasteiger partial charge in [-0.2, -0.15) is 0 Å². The zero-order chi connectivity index (χ0) is 21.3. The molecule has 0 fully saturated rings. The summed E-state index contributed by atoms with van der Waals surface area (Å²) in [7, 11) is 0. The maximum absolute atomic E-state index is 12.6. The van der Waals surface area contributed by atoms with E-state index in [4.69, 9.17) is 10.8 Å². The second-order valence-corrected chi connectivity index (χ2v) is 7.17. The summed E-state index contributed by atoms with van der Waals surface area (Å²) in [6.07, 6.45) is 0.762. The predicted octanol–water partition coefficient (Wildman–Crippen LogP) is 0.738. The van der Waals surface area contributed by atoms with Crippen LogP contribution < -0.4 is 21.8 Å². The van der Waals surface area contributed by atoms with Crippen molar-refractivity contribution in [3.8, 4) is 11.5 Å². The van der Waals surface area contributed by atoms with Gasteiger partial charge in [-0.1, -0.05) is 0 Å². The lowest BCUT2D eigenvalue weighted by Crippen LogP contribution is -2.20. The zero-order valence-electron chi connectivity index (χ0n) is 16.9. The van der Waals surface area contributed by atoms with Gasteiger partial charge in [0.1, 0.15) is 11.5 Å². The Balaban J connectivity index is 0.00000272. The second kappa shape index (κ2) is 9.52. The Labute approximate surface area is 183 Å². The first kappa shape index (κ1) is 22.8. The van der Waals surface area contributed by atoms with E-state index in [1.165, 1.54) is 12.1 Å². The number of nitrogens with two attached hydrogens (primary N) is 1. The normalized spacial score (nSPS) is 12.3. The maximum atomic E-state index is 12.6. The van der Waals surface area contributed by atoms with Crippen molar-refractivity contribution in [3.63, 3.8) is 0 Å². The molecule has 10 heteroatoms. The molecular formula is C21H26ClN5O4. The van der Waals surface area contributed by atoms with Gasteiger partial charge in [-0.25, -0.2) is 0 Å². The van der Waals surface area contributed by atoms with Crippen LogP contribution in [0.2, 0.25) is 0 Å². The molecule has 4 rings (SSSR count). The van der Waals surface area contributed by atoms with Crippen LogP contribution in [0.25, 0.3) is 32.6 Å². The topological polar surface area (TPSA) is 149 Å². The molecule has 0 unspecified atom stereocenters. The molecule has 0 amide bonds. The first-order valence-corrected chi connectivity index (χ1v) is 9.96. The number of aromatic hydroxyl groups is 2. The monoisotopic (exact) mass is 447 g/mol. The molecule has 0 radical (unpaired) electrons. The standard InChI is InChI=1S/C21H25N5O4.ClH/c22-6-10-26-13-3-2-12(24-8-1-7-23-9-11-27)16-17(13)20(25-26)18-14(28)4-5-15(29)19(18)21(16)30;/h2-5,23,25,27,29-30H,1,6-11,22H2;1H. The molecule has 0 atom stereocenters. The van der Waals surface area contributed by atoms with Crippen LogP contribution in [-0.4, -0.2) is 57.9 Å². The quantitative estimate of drug-likeness (QED) is 0.173. The Bertz CT molecular complexity index is 1330. The molecule has 0 bridgehead atoms. The minimum Gasteiger partial charge on any atom is -0.507 e. The number of aliphatic hydroxyl groups excluding tert-OH is 1. The van der Waals surface area contributed by atoms with E-state index in [2.05, 4.69) is 15.4 Å². The van der Waals surface area contributed by atoms with Gasteiger partial charge in [0.25, 0.3) is 0 Å². The third-order valence-corrected chi connectivity index (χ3v) is 5.25. The number of fused-ring (bicyclic) bond motifs is 2. The Morgan fingerprint density at radius 2 is 1.87 bits per heavy atom. The minimum atomic E-state index is -0.291. The molecule has 0 spiro atoms. The predicted molar refractivity (Wildman–Crippen MR) is 123 cm³/mol. The lowest BCUT2D eigenvalue weighted by atomic mass is 9.99. The van der Waals surface area contributed by atoms with Crippen LogP contribution in [0.3, 0.4) is 0 Å². The summed E-state index contributed by atoms with van der Waals surface area (Å²) in [5, 5.41) is 38.8. The smallest absolute Gasteiger partial charge is 0.189 e. The average Bonchev–Trinajstić information content (AvgIpc) is 3.09. The van der Waals surface area contributed by atoms with Crippen molar-refractivity contribution in [3.05, 3.63) is 39.8 Å². The lowest BCUT2D eigenvalue weighted by Gasteiger charge is -2.08. The minimum absolute atomic E-state index is 0. The first-order valence-electron chi connectivity index (χ1n) is 9.96. The van der Waals surface area contributed by atoms with Gasteiger partial charge in [-0.15, -0.1) is 12.4 Å². The number of nitrogens with one attached hydrogen (secondary N) is 2. The zero-order valence-corrected chi connectivity index (χ0v) is 17.7. The van der Waals surface area contributed by atoms with E-state index in [9.17, 15) is 15.0 Å². The molecule has 166 valence electrons. The molecule has 1 heterocycles. The fourth-order valence-electron chi connectivity index (χ4n) is 3.96. The molecule has 0 aliphatic rings. The number of halogens is 1. The number of hydrogen-bond acceptors (Lipinski definition) is 7.